The lowest BCUT2D eigenvalue weighted by molar-refractivity contribution is -0.144. The molecule has 0 spiro atoms. The molecule has 1 atom stereocenters. The van der Waals surface area contributed by atoms with E-state index in [9.17, 15) is 14.4 Å². The Morgan fingerprint density at radius 3 is 2.13 bits per heavy atom. The molecule has 0 heterocycles. The Hall–Kier alpha value is -2.57. The summed E-state index contributed by atoms with van der Waals surface area (Å²) in [6.45, 7) is 7.81. The fourth-order valence-electron chi connectivity index (χ4n) is 3.06. The van der Waals surface area contributed by atoms with E-state index < -0.39 is 17.6 Å². The van der Waals surface area contributed by atoms with Crippen molar-refractivity contribution in [2.75, 3.05) is 18.6 Å². The average Bonchev–Trinajstić information content (AvgIpc) is 2.71. The van der Waals surface area contributed by atoms with Crippen molar-refractivity contribution in [3.05, 3.63) is 30.3 Å². The van der Waals surface area contributed by atoms with E-state index in [0.29, 0.717) is 13.0 Å². The first kappa shape index (κ1) is 26.5. The van der Waals surface area contributed by atoms with Crippen molar-refractivity contribution in [2.45, 2.75) is 84.3 Å². The third kappa shape index (κ3) is 11.4. The van der Waals surface area contributed by atoms with Crippen molar-refractivity contribution in [1.82, 2.24) is 5.32 Å². The van der Waals surface area contributed by atoms with Crippen molar-refractivity contribution in [1.29, 1.82) is 0 Å². The van der Waals surface area contributed by atoms with Gasteiger partial charge in [0.25, 0.3) is 0 Å². The molecular formula is C24H38N2O5. The molecule has 0 saturated heterocycles. The zero-order valence-corrected chi connectivity index (χ0v) is 19.6. The molecule has 1 N–H and O–H groups in total. The molecule has 0 aliphatic rings. The Morgan fingerprint density at radius 1 is 0.968 bits per heavy atom. The number of ether oxygens (including phenoxy) is 2. The van der Waals surface area contributed by atoms with Gasteiger partial charge in [-0.1, -0.05) is 43.9 Å². The zero-order valence-electron chi connectivity index (χ0n) is 19.6. The summed E-state index contributed by atoms with van der Waals surface area (Å²) in [7, 11) is 1.30. The highest BCUT2D eigenvalue weighted by Gasteiger charge is 2.23. The van der Waals surface area contributed by atoms with E-state index in [1.807, 2.05) is 51.1 Å². The summed E-state index contributed by atoms with van der Waals surface area (Å²) in [6.07, 6.45) is 5.76. The van der Waals surface area contributed by atoms with Crippen molar-refractivity contribution >= 4 is 23.7 Å². The Labute approximate surface area is 186 Å². The molecule has 7 heteroatoms. The lowest BCUT2D eigenvalue weighted by Crippen LogP contribution is -2.38. The first-order valence-electron chi connectivity index (χ1n) is 11.1. The summed E-state index contributed by atoms with van der Waals surface area (Å²) in [5, 5.41) is 2.63. The van der Waals surface area contributed by atoms with Crippen LogP contribution in [0.1, 0.15) is 72.6 Å². The van der Waals surface area contributed by atoms with E-state index in [-0.39, 0.29) is 12.0 Å². The van der Waals surface area contributed by atoms with E-state index in [2.05, 4.69) is 10.1 Å². The van der Waals surface area contributed by atoms with E-state index in [0.717, 1.165) is 44.2 Å². The molecule has 0 aromatic heterocycles. The molecule has 0 aliphatic heterocycles. The monoisotopic (exact) mass is 434 g/mol. The van der Waals surface area contributed by atoms with Crippen LogP contribution in [0.3, 0.4) is 0 Å². The second kappa shape index (κ2) is 13.7. The number of methoxy groups -OCH3 is 1. The topological polar surface area (TPSA) is 84.9 Å². The second-order valence-electron chi connectivity index (χ2n) is 8.65. The van der Waals surface area contributed by atoms with Gasteiger partial charge in [0.05, 0.1) is 7.11 Å². The third-order valence-electron chi connectivity index (χ3n) is 4.65. The molecule has 0 fully saturated rings. The lowest BCUT2D eigenvalue weighted by Gasteiger charge is -2.27. The smallest absolute Gasteiger partial charge is 0.414 e. The summed E-state index contributed by atoms with van der Waals surface area (Å²) in [4.78, 5) is 37.4. The van der Waals surface area contributed by atoms with Crippen LogP contribution in [0.4, 0.5) is 10.5 Å². The summed E-state index contributed by atoms with van der Waals surface area (Å²) in [6, 6.07) is 8.96. The van der Waals surface area contributed by atoms with Crippen molar-refractivity contribution in [3.8, 4) is 0 Å². The van der Waals surface area contributed by atoms with E-state index in [1.165, 1.54) is 7.11 Å². The number of carbonyl (C=O) groups is 3. The molecule has 1 rings (SSSR count). The van der Waals surface area contributed by atoms with E-state index in [1.54, 1.807) is 11.8 Å². The van der Waals surface area contributed by atoms with Gasteiger partial charge in [-0.25, -0.2) is 9.59 Å². The van der Waals surface area contributed by atoms with Gasteiger partial charge < -0.3 is 14.8 Å². The van der Waals surface area contributed by atoms with Crippen LogP contribution in [0.5, 0.6) is 0 Å². The zero-order chi connectivity index (χ0) is 23.3. The van der Waals surface area contributed by atoms with Crippen LogP contribution < -0.4 is 10.2 Å². The van der Waals surface area contributed by atoms with Crippen molar-refractivity contribution in [2.24, 2.45) is 0 Å². The van der Waals surface area contributed by atoms with Crippen molar-refractivity contribution in [3.63, 3.8) is 0 Å². The molecular weight excluding hydrogens is 396 g/mol. The highest BCUT2D eigenvalue weighted by molar-refractivity contribution is 5.87. The van der Waals surface area contributed by atoms with Gasteiger partial charge in [0.1, 0.15) is 11.6 Å². The van der Waals surface area contributed by atoms with Gasteiger partial charge >= 0.3 is 12.1 Å². The summed E-state index contributed by atoms with van der Waals surface area (Å²) in [5.74, 6) is -0.571. The quantitative estimate of drug-likeness (QED) is 0.376. The maximum absolute atomic E-state index is 12.6. The number of hydrogen-bond donors (Lipinski definition) is 1. The highest BCUT2D eigenvalue weighted by atomic mass is 16.6. The van der Waals surface area contributed by atoms with Crippen LogP contribution in [-0.4, -0.2) is 43.3 Å². The second-order valence-corrected chi connectivity index (χ2v) is 8.65. The summed E-state index contributed by atoms with van der Waals surface area (Å²) < 4.78 is 10.1. The van der Waals surface area contributed by atoms with Gasteiger partial charge in [0.15, 0.2) is 0 Å². The van der Waals surface area contributed by atoms with E-state index in [4.69, 9.17) is 4.74 Å². The Morgan fingerprint density at radius 2 is 1.55 bits per heavy atom. The molecule has 174 valence electrons. The number of unbranched alkanes of at least 4 members (excludes halogenated alkanes) is 5. The largest absolute Gasteiger partial charge is 0.467 e. The first-order valence-corrected chi connectivity index (χ1v) is 11.1. The maximum Gasteiger partial charge on any atom is 0.414 e. The predicted molar refractivity (Wildman–Crippen MR) is 122 cm³/mol. The van der Waals surface area contributed by atoms with E-state index >= 15 is 0 Å². The Balaban J connectivity index is 2.29. The SMILES string of the molecule is COC(=O)C(C)NC(=O)CCCCCCCCN(C(=O)OC(C)(C)C)c1ccccc1. The van der Waals surface area contributed by atoms with Crippen LogP contribution in [0.25, 0.3) is 0 Å². The number of amides is 2. The Bertz CT molecular complexity index is 685. The molecule has 0 bridgehead atoms. The number of nitrogens with one attached hydrogen (secondary N) is 1. The third-order valence-corrected chi connectivity index (χ3v) is 4.65. The normalized spacial score (nSPS) is 12.0. The van der Waals surface area contributed by atoms with Crippen LogP contribution >= 0.6 is 0 Å². The molecule has 31 heavy (non-hydrogen) atoms. The van der Waals surface area contributed by atoms with Gasteiger partial charge in [0.2, 0.25) is 5.91 Å². The molecule has 1 aromatic carbocycles. The molecule has 1 unspecified atom stereocenters. The highest BCUT2D eigenvalue weighted by Crippen LogP contribution is 2.19. The minimum atomic E-state index is -0.616. The number of rotatable bonds is 12. The first-order chi connectivity index (χ1) is 14.6. The minimum absolute atomic E-state index is 0.131. The number of para-hydroxylation sites is 1. The van der Waals surface area contributed by atoms with Gasteiger partial charge in [-0.05, 0) is 52.7 Å². The number of esters is 1. The Kier molecular flexibility index (Phi) is 11.7. The molecule has 1 aromatic rings. The standard InChI is InChI=1S/C24H38N2O5/c1-19(22(28)30-5)25-21(27)17-13-8-6-7-9-14-18-26(20-15-11-10-12-16-20)23(29)31-24(2,3)4/h10-12,15-16,19H,6-9,13-14,17-18H2,1-5H3,(H,25,27). The van der Waals surface area contributed by atoms with Gasteiger partial charge in [-0.15, -0.1) is 0 Å². The van der Waals surface area contributed by atoms with Gasteiger partial charge in [0, 0.05) is 18.7 Å². The van der Waals surface area contributed by atoms with Gasteiger partial charge in [-0.3, -0.25) is 9.69 Å². The van der Waals surface area contributed by atoms with Crippen LogP contribution in [-0.2, 0) is 19.1 Å². The van der Waals surface area contributed by atoms with Crippen LogP contribution in [0.15, 0.2) is 30.3 Å². The van der Waals surface area contributed by atoms with Crippen LogP contribution in [0.2, 0.25) is 0 Å². The lowest BCUT2D eigenvalue weighted by atomic mass is 10.1. The summed E-state index contributed by atoms with van der Waals surface area (Å²) in [5.41, 5.74) is 0.300. The molecule has 0 aliphatic carbocycles. The fraction of sp³-hybridized carbons (Fsp3) is 0.625. The predicted octanol–water partition coefficient (Wildman–Crippen LogP) is 4.84. The minimum Gasteiger partial charge on any atom is -0.467 e. The average molecular weight is 435 g/mol. The summed E-state index contributed by atoms with van der Waals surface area (Å²) >= 11 is 0. The fourth-order valence-corrected chi connectivity index (χ4v) is 3.06. The molecule has 2 amide bonds. The number of nitrogens with zero attached hydrogens (tertiary/aromatic N) is 1. The van der Waals surface area contributed by atoms with Gasteiger partial charge in [-0.2, -0.15) is 0 Å². The molecule has 0 radical (unpaired) electrons. The molecule has 7 nitrogen and oxygen atoms in total. The van der Waals surface area contributed by atoms with Crippen LogP contribution in [0, 0.1) is 0 Å². The van der Waals surface area contributed by atoms with Crippen molar-refractivity contribution < 1.29 is 23.9 Å². The maximum atomic E-state index is 12.6. The number of hydrogen-bond acceptors (Lipinski definition) is 5. The number of benzene rings is 1. The number of carbonyl (C=O) groups excluding carboxylic acids is 3. The molecule has 0 saturated carbocycles. The number of anilines is 1.